The highest BCUT2D eigenvalue weighted by atomic mass is 35.5. The molecule has 1 aromatic carbocycles. The van der Waals surface area contributed by atoms with Gasteiger partial charge in [0.2, 0.25) is 10.0 Å². The third-order valence-electron chi connectivity index (χ3n) is 5.93. The number of carbonyl (C=O) groups is 1. The van der Waals surface area contributed by atoms with E-state index in [9.17, 15) is 13.2 Å². The smallest absolute Gasteiger partial charge is 0.317 e. The minimum absolute atomic E-state index is 0.0985. The number of anilines is 1. The van der Waals surface area contributed by atoms with Crippen LogP contribution in [-0.2, 0) is 16.6 Å². The van der Waals surface area contributed by atoms with Crippen molar-refractivity contribution in [1.82, 2.24) is 19.5 Å². The van der Waals surface area contributed by atoms with E-state index in [1.54, 1.807) is 29.3 Å². The van der Waals surface area contributed by atoms with E-state index in [1.807, 2.05) is 12.1 Å². The molecule has 0 aliphatic carbocycles. The van der Waals surface area contributed by atoms with E-state index in [2.05, 4.69) is 15.2 Å². The summed E-state index contributed by atoms with van der Waals surface area (Å²) >= 11 is 6.09. The SMILES string of the molecule is O=C(NCc1cccnc1N1CCCCC1)N1CCN(S(=O)(=O)c2ccccc2Cl)CC1. The van der Waals surface area contributed by atoms with Crippen LogP contribution in [-0.4, -0.2) is 67.9 Å². The van der Waals surface area contributed by atoms with E-state index < -0.39 is 10.0 Å². The zero-order valence-corrected chi connectivity index (χ0v) is 19.5. The molecule has 0 bridgehead atoms. The summed E-state index contributed by atoms with van der Waals surface area (Å²) in [6.07, 6.45) is 5.34. The second-order valence-corrected chi connectivity index (χ2v) is 10.3. The van der Waals surface area contributed by atoms with Gasteiger partial charge in [-0.25, -0.2) is 18.2 Å². The number of halogens is 1. The molecular weight excluding hydrogens is 450 g/mol. The normalized spacial score (nSPS) is 17.9. The second-order valence-electron chi connectivity index (χ2n) is 8.01. The Kier molecular flexibility index (Phi) is 7.17. The fourth-order valence-corrected chi connectivity index (χ4v) is 6.08. The largest absolute Gasteiger partial charge is 0.356 e. The number of pyridine rings is 1. The van der Waals surface area contributed by atoms with Crippen LogP contribution in [0.25, 0.3) is 0 Å². The summed E-state index contributed by atoms with van der Waals surface area (Å²) in [4.78, 5) is 21.3. The lowest BCUT2D eigenvalue weighted by Gasteiger charge is -2.34. The van der Waals surface area contributed by atoms with Crippen molar-refractivity contribution in [3.8, 4) is 0 Å². The summed E-state index contributed by atoms with van der Waals surface area (Å²) in [5.74, 6) is 0.933. The Morgan fingerprint density at radius 3 is 2.41 bits per heavy atom. The number of carbonyl (C=O) groups excluding carboxylic acids is 1. The molecule has 2 aromatic rings. The summed E-state index contributed by atoms with van der Waals surface area (Å²) < 4.78 is 27.2. The molecule has 172 valence electrons. The molecular formula is C22H28ClN5O3S. The van der Waals surface area contributed by atoms with Crippen LogP contribution in [0.15, 0.2) is 47.5 Å². The molecule has 1 aromatic heterocycles. The van der Waals surface area contributed by atoms with E-state index in [1.165, 1.54) is 16.8 Å². The summed E-state index contributed by atoms with van der Waals surface area (Å²) in [7, 11) is -3.69. The Hall–Kier alpha value is -2.36. The third kappa shape index (κ3) is 5.00. The highest BCUT2D eigenvalue weighted by molar-refractivity contribution is 7.89. The maximum absolute atomic E-state index is 12.9. The number of nitrogens with one attached hydrogen (secondary N) is 1. The molecule has 0 atom stereocenters. The molecule has 2 amide bonds. The average Bonchev–Trinajstić information content (AvgIpc) is 2.83. The summed E-state index contributed by atoms with van der Waals surface area (Å²) in [5, 5.41) is 3.18. The fraction of sp³-hybridized carbons (Fsp3) is 0.455. The summed E-state index contributed by atoms with van der Waals surface area (Å²) in [6.45, 7) is 3.46. The van der Waals surface area contributed by atoms with Crippen molar-refractivity contribution in [1.29, 1.82) is 0 Å². The van der Waals surface area contributed by atoms with Crippen LogP contribution >= 0.6 is 11.6 Å². The highest BCUT2D eigenvalue weighted by Crippen LogP contribution is 2.25. The Morgan fingerprint density at radius 1 is 0.969 bits per heavy atom. The molecule has 3 heterocycles. The van der Waals surface area contributed by atoms with Crippen molar-refractivity contribution in [3.05, 3.63) is 53.2 Å². The number of piperidine rings is 1. The lowest BCUT2D eigenvalue weighted by molar-refractivity contribution is 0.172. The fourth-order valence-electron chi connectivity index (χ4n) is 4.17. The predicted octanol–water partition coefficient (Wildman–Crippen LogP) is 2.94. The van der Waals surface area contributed by atoms with Gasteiger partial charge in [0.1, 0.15) is 10.7 Å². The van der Waals surface area contributed by atoms with Crippen molar-refractivity contribution in [2.75, 3.05) is 44.2 Å². The van der Waals surface area contributed by atoms with Crippen molar-refractivity contribution in [3.63, 3.8) is 0 Å². The molecule has 0 saturated carbocycles. The van der Waals surface area contributed by atoms with E-state index in [4.69, 9.17) is 11.6 Å². The maximum atomic E-state index is 12.9. The molecule has 0 unspecified atom stereocenters. The first-order valence-electron chi connectivity index (χ1n) is 10.9. The lowest BCUT2D eigenvalue weighted by atomic mass is 10.1. The number of benzene rings is 1. The third-order valence-corrected chi connectivity index (χ3v) is 8.33. The quantitative estimate of drug-likeness (QED) is 0.715. The van der Waals surface area contributed by atoms with Gasteiger partial charge in [0, 0.05) is 57.6 Å². The lowest BCUT2D eigenvalue weighted by Crippen LogP contribution is -2.53. The van der Waals surface area contributed by atoms with E-state index in [0.717, 1.165) is 37.3 Å². The Morgan fingerprint density at radius 2 is 1.69 bits per heavy atom. The van der Waals surface area contributed by atoms with Gasteiger partial charge >= 0.3 is 6.03 Å². The van der Waals surface area contributed by atoms with E-state index >= 15 is 0 Å². The number of rotatable bonds is 5. The summed E-state index contributed by atoms with van der Waals surface area (Å²) in [6, 6.07) is 10.1. The van der Waals surface area contributed by atoms with Crippen LogP contribution in [0.2, 0.25) is 5.02 Å². The van der Waals surface area contributed by atoms with Gasteiger partial charge in [-0.05, 0) is 37.5 Å². The first-order chi connectivity index (χ1) is 15.5. The number of aromatic nitrogens is 1. The molecule has 32 heavy (non-hydrogen) atoms. The Labute approximate surface area is 194 Å². The molecule has 0 radical (unpaired) electrons. The number of nitrogens with zero attached hydrogens (tertiary/aromatic N) is 4. The zero-order chi connectivity index (χ0) is 22.6. The molecule has 2 aliphatic rings. The van der Waals surface area contributed by atoms with Crippen molar-refractivity contribution >= 4 is 33.5 Å². The number of amides is 2. The molecule has 2 aliphatic heterocycles. The van der Waals surface area contributed by atoms with Crippen molar-refractivity contribution in [2.45, 2.75) is 30.7 Å². The van der Waals surface area contributed by atoms with Gasteiger partial charge in [-0.2, -0.15) is 4.31 Å². The molecule has 8 nitrogen and oxygen atoms in total. The van der Waals surface area contributed by atoms with Gasteiger partial charge in [0.05, 0.1) is 5.02 Å². The number of hydrogen-bond donors (Lipinski definition) is 1. The maximum Gasteiger partial charge on any atom is 0.317 e. The van der Waals surface area contributed by atoms with Gasteiger partial charge in [-0.15, -0.1) is 0 Å². The second kappa shape index (κ2) is 10.1. The number of sulfonamides is 1. The van der Waals surface area contributed by atoms with Gasteiger partial charge in [-0.3, -0.25) is 0 Å². The van der Waals surface area contributed by atoms with Crippen LogP contribution in [0, 0.1) is 0 Å². The molecule has 2 fully saturated rings. The van der Waals surface area contributed by atoms with Crippen LogP contribution in [0.5, 0.6) is 0 Å². The summed E-state index contributed by atoms with van der Waals surface area (Å²) in [5.41, 5.74) is 0.989. The molecule has 0 spiro atoms. The minimum Gasteiger partial charge on any atom is -0.356 e. The van der Waals surface area contributed by atoms with E-state index in [0.29, 0.717) is 19.6 Å². The average molecular weight is 478 g/mol. The molecule has 2 saturated heterocycles. The van der Waals surface area contributed by atoms with Gasteiger partial charge in [0.15, 0.2) is 0 Å². The standard InChI is InChI=1S/C22H28ClN5O3S/c23-19-8-2-3-9-20(19)32(30,31)28-15-13-27(14-16-28)22(29)25-17-18-7-6-10-24-21(18)26-11-4-1-5-12-26/h2-3,6-10H,1,4-5,11-17H2,(H,25,29). The van der Waals surface area contributed by atoms with Crippen molar-refractivity contribution in [2.24, 2.45) is 0 Å². The Balaban J connectivity index is 1.33. The van der Waals surface area contributed by atoms with E-state index in [-0.39, 0.29) is 29.0 Å². The number of urea groups is 1. The molecule has 4 rings (SSSR count). The van der Waals surface area contributed by atoms with Gasteiger partial charge < -0.3 is 15.1 Å². The first-order valence-corrected chi connectivity index (χ1v) is 12.7. The van der Waals surface area contributed by atoms with Crippen LogP contribution in [0.3, 0.4) is 0 Å². The van der Waals surface area contributed by atoms with Crippen LogP contribution in [0.1, 0.15) is 24.8 Å². The zero-order valence-electron chi connectivity index (χ0n) is 17.9. The van der Waals surface area contributed by atoms with Crippen molar-refractivity contribution < 1.29 is 13.2 Å². The topological polar surface area (TPSA) is 85.8 Å². The monoisotopic (exact) mass is 477 g/mol. The Bertz CT molecular complexity index is 1050. The van der Waals surface area contributed by atoms with Gasteiger partial charge in [0.25, 0.3) is 0 Å². The minimum atomic E-state index is -3.69. The molecule has 1 N–H and O–H groups in total. The predicted molar refractivity (Wildman–Crippen MR) is 124 cm³/mol. The number of piperazine rings is 1. The highest BCUT2D eigenvalue weighted by Gasteiger charge is 2.31. The first kappa shape index (κ1) is 22.8. The van der Waals surface area contributed by atoms with Crippen LogP contribution in [0.4, 0.5) is 10.6 Å². The molecule has 10 heteroatoms. The van der Waals surface area contributed by atoms with Crippen LogP contribution < -0.4 is 10.2 Å². The number of hydrogen-bond acceptors (Lipinski definition) is 5. The van der Waals surface area contributed by atoms with Gasteiger partial charge in [-0.1, -0.05) is 29.8 Å².